The molecule has 0 aliphatic carbocycles. The van der Waals surface area contributed by atoms with Gasteiger partial charge in [0.1, 0.15) is 6.10 Å². The van der Waals surface area contributed by atoms with E-state index in [1.807, 2.05) is 36.4 Å². The second-order valence-electron chi connectivity index (χ2n) is 4.67. The van der Waals surface area contributed by atoms with Crippen molar-refractivity contribution in [2.24, 2.45) is 0 Å². The standard InChI is InChI=1S/C17H22N2O/c1-3-19(4-2)14-16(15-10-6-5-7-11-15)20-17-12-8-9-13-18-17/h5-13,16H,3-4,14H2,1-2H3/t16-/m1/s1. The highest BCUT2D eigenvalue weighted by Crippen LogP contribution is 2.21. The molecule has 0 saturated heterocycles. The fraction of sp³-hybridized carbons (Fsp3) is 0.353. The van der Waals surface area contributed by atoms with Gasteiger partial charge in [0.05, 0.1) is 0 Å². The normalized spacial score (nSPS) is 12.3. The molecule has 2 aromatic rings. The van der Waals surface area contributed by atoms with Gasteiger partial charge in [0.2, 0.25) is 5.88 Å². The lowest BCUT2D eigenvalue weighted by atomic mass is 10.1. The summed E-state index contributed by atoms with van der Waals surface area (Å²) in [6, 6.07) is 16.1. The Morgan fingerprint density at radius 2 is 1.70 bits per heavy atom. The van der Waals surface area contributed by atoms with Crippen LogP contribution in [-0.4, -0.2) is 29.5 Å². The van der Waals surface area contributed by atoms with Crippen molar-refractivity contribution >= 4 is 0 Å². The second-order valence-corrected chi connectivity index (χ2v) is 4.67. The quantitative estimate of drug-likeness (QED) is 0.769. The average molecular weight is 270 g/mol. The van der Waals surface area contributed by atoms with Crippen LogP contribution in [0.3, 0.4) is 0 Å². The molecule has 2 rings (SSSR count). The van der Waals surface area contributed by atoms with E-state index in [1.165, 1.54) is 5.56 Å². The van der Waals surface area contributed by atoms with Crippen LogP contribution in [0.5, 0.6) is 5.88 Å². The minimum absolute atomic E-state index is 0.00556. The molecule has 0 saturated carbocycles. The zero-order valence-electron chi connectivity index (χ0n) is 12.2. The molecular formula is C17H22N2O. The van der Waals surface area contributed by atoms with Gasteiger partial charge in [-0.15, -0.1) is 0 Å². The van der Waals surface area contributed by atoms with Gasteiger partial charge in [-0.1, -0.05) is 50.2 Å². The molecule has 3 heteroatoms. The highest BCUT2D eigenvalue weighted by molar-refractivity contribution is 5.20. The summed E-state index contributed by atoms with van der Waals surface area (Å²) in [4.78, 5) is 6.62. The highest BCUT2D eigenvalue weighted by atomic mass is 16.5. The summed E-state index contributed by atoms with van der Waals surface area (Å²) in [7, 11) is 0. The third kappa shape index (κ3) is 4.07. The topological polar surface area (TPSA) is 25.4 Å². The van der Waals surface area contributed by atoms with Crippen LogP contribution in [0.15, 0.2) is 54.7 Å². The molecule has 3 nitrogen and oxygen atoms in total. The van der Waals surface area contributed by atoms with Gasteiger partial charge in [-0.3, -0.25) is 4.90 Å². The van der Waals surface area contributed by atoms with E-state index in [0.29, 0.717) is 5.88 Å². The maximum atomic E-state index is 6.08. The summed E-state index contributed by atoms with van der Waals surface area (Å²) in [5.41, 5.74) is 1.19. The van der Waals surface area contributed by atoms with Crippen LogP contribution < -0.4 is 4.74 Å². The molecule has 1 heterocycles. The van der Waals surface area contributed by atoms with E-state index in [1.54, 1.807) is 6.20 Å². The minimum atomic E-state index is 0.00556. The van der Waals surface area contributed by atoms with Crippen molar-refractivity contribution in [1.29, 1.82) is 0 Å². The number of hydrogen-bond donors (Lipinski definition) is 0. The zero-order valence-corrected chi connectivity index (χ0v) is 12.2. The Kier molecular flexibility index (Phi) is 5.56. The van der Waals surface area contributed by atoms with Gasteiger partial charge < -0.3 is 4.74 Å². The van der Waals surface area contributed by atoms with Crippen molar-refractivity contribution in [3.05, 3.63) is 60.3 Å². The molecule has 0 aliphatic rings. The lowest BCUT2D eigenvalue weighted by Gasteiger charge is -2.26. The van der Waals surface area contributed by atoms with Crippen molar-refractivity contribution in [2.45, 2.75) is 20.0 Å². The lowest BCUT2D eigenvalue weighted by Crippen LogP contribution is -2.30. The smallest absolute Gasteiger partial charge is 0.213 e. The van der Waals surface area contributed by atoms with Gasteiger partial charge in [0.25, 0.3) is 0 Å². The largest absolute Gasteiger partial charge is 0.468 e. The van der Waals surface area contributed by atoms with Crippen molar-refractivity contribution < 1.29 is 4.74 Å². The van der Waals surface area contributed by atoms with Crippen LogP contribution in [0.2, 0.25) is 0 Å². The van der Waals surface area contributed by atoms with Crippen molar-refractivity contribution in [2.75, 3.05) is 19.6 Å². The Morgan fingerprint density at radius 3 is 2.30 bits per heavy atom. The highest BCUT2D eigenvalue weighted by Gasteiger charge is 2.16. The Morgan fingerprint density at radius 1 is 1.00 bits per heavy atom. The molecule has 0 fully saturated rings. The number of ether oxygens (including phenoxy) is 1. The van der Waals surface area contributed by atoms with E-state index in [4.69, 9.17) is 4.74 Å². The average Bonchev–Trinajstić information content (AvgIpc) is 2.53. The van der Waals surface area contributed by atoms with Crippen molar-refractivity contribution in [3.8, 4) is 5.88 Å². The molecule has 0 aliphatic heterocycles. The van der Waals surface area contributed by atoms with Crippen LogP contribution in [0.25, 0.3) is 0 Å². The van der Waals surface area contributed by atoms with Crippen molar-refractivity contribution in [3.63, 3.8) is 0 Å². The fourth-order valence-corrected chi connectivity index (χ4v) is 2.16. The van der Waals surface area contributed by atoms with Crippen LogP contribution >= 0.6 is 0 Å². The van der Waals surface area contributed by atoms with Crippen LogP contribution in [0, 0.1) is 0 Å². The molecule has 0 unspecified atom stereocenters. The summed E-state index contributed by atoms with van der Waals surface area (Å²) in [5, 5.41) is 0. The van der Waals surface area contributed by atoms with Gasteiger partial charge in [-0.05, 0) is 24.7 Å². The number of pyridine rings is 1. The van der Waals surface area contributed by atoms with E-state index in [-0.39, 0.29) is 6.10 Å². The van der Waals surface area contributed by atoms with E-state index in [2.05, 4.69) is 35.9 Å². The van der Waals surface area contributed by atoms with Gasteiger partial charge in [0, 0.05) is 18.8 Å². The Hall–Kier alpha value is -1.87. The number of likely N-dealkylation sites (N-methyl/N-ethyl adjacent to an activating group) is 1. The summed E-state index contributed by atoms with van der Waals surface area (Å²) in [5.74, 6) is 0.675. The third-order valence-electron chi connectivity index (χ3n) is 3.39. The molecule has 0 amide bonds. The number of benzene rings is 1. The first-order valence-corrected chi connectivity index (χ1v) is 7.18. The Bertz CT molecular complexity index is 483. The molecular weight excluding hydrogens is 248 g/mol. The van der Waals surface area contributed by atoms with Crippen LogP contribution in [-0.2, 0) is 0 Å². The molecule has 1 aromatic heterocycles. The first kappa shape index (κ1) is 14.5. The number of nitrogens with zero attached hydrogens (tertiary/aromatic N) is 2. The van der Waals surface area contributed by atoms with Gasteiger partial charge in [-0.2, -0.15) is 0 Å². The maximum absolute atomic E-state index is 6.08. The van der Waals surface area contributed by atoms with Crippen molar-refractivity contribution in [1.82, 2.24) is 9.88 Å². The van der Waals surface area contributed by atoms with E-state index in [0.717, 1.165) is 19.6 Å². The molecule has 0 bridgehead atoms. The molecule has 1 aromatic carbocycles. The number of hydrogen-bond acceptors (Lipinski definition) is 3. The van der Waals surface area contributed by atoms with Crippen LogP contribution in [0.4, 0.5) is 0 Å². The SMILES string of the molecule is CCN(CC)C[C@@H](Oc1ccccn1)c1ccccc1. The van der Waals surface area contributed by atoms with E-state index < -0.39 is 0 Å². The number of aromatic nitrogens is 1. The second kappa shape index (κ2) is 7.65. The first-order chi connectivity index (χ1) is 9.83. The first-order valence-electron chi connectivity index (χ1n) is 7.18. The minimum Gasteiger partial charge on any atom is -0.468 e. The van der Waals surface area contributed by atoms with Crippen LogP contribution in [0.1, 0.15) is 25.5 Å². The van der Waals surface area contributed by atoms with Gasteiger partial charge >= 0.3 is 0 Å². The lowest BCUT2D eigenvalue weighted by molar-refractivity contribution is 0.135. The molecule has 1 atom stereocenters. The monoisotopic (exact) mass is 270 g/mol. The Labute approximate surface area is 121 Å². The summed E-state index contributed by atoms with van der Waals surface area (Å²) >= 11 is 0. The zero-order chi connectivity index (χ0) is 14.2. The van der Waals surface area contributed by atoms with E-state index in [9.17, 15) is 0 Å². The summed E-state index contributed by atoms with van der Waals surface area (Å²) in [6.07, 6.45) is 1.76. The number of rotatable bonds is 7. The predicted octanol–water partition coefficient (Wildman–Crippen LogP) is 3.54. The molecule has 0 radical (unpaired) electrons. The third-order valence-corrected chi connectivity index (χ3v) is 3.39. The fourth-order valence-electron chi connectivity index (χ4n) is 2.16. The predicted molar refractivity (Wildman–Crippen MR) is 81.8 cm³/mol. The molecule has 0 spiro atoms. The maximum Gasteiger partial charge on any atom is 0.213 e. The van der Waals surface area contributed by atoms with E-state index >= 15 is 0 Å². The Balaban J connectivity index is 2.16. The molecule has 20 heavy (non-hydrogen) atoms. The van der Waals surface area contributed by atoms with Gasteiger partial charge in [-0.25, -0.2) is 4.98 Å². The van der Waals surface area contributed by atoms with Gasteiger partial charge in [0.15, 0.2) is 0 Å². The molecule has 106 valence electrons. The summed E-state index contributed by atoms with van der Waals surface area (Å²) < 4.78 is 6.08. The summed E-state index contributed by atoms with van der Waals surface area (Å²) in [6.45, 7) is 7.25. The molecule has 0 N–H and O–H groups in total.